The van der Waals surface area contributed by atoms with Crippen LogP contribution in [0.2, 0.25) is 0 Å². The second-order valence-corrected chi connectivity index (χ2v) is 20.3. The molecule has 0 spiro atoms. The topological polar surface area (TPSA) is 18.5 Å². The van der Waals surface area contributed by atoms with Crippen molar-refractivity contribution in [3.8, 4) is 11.5 Å². The number of benzene rings is 3. The molecule has 5 heteroatoms. The molecule has 0 N–H and O–H groups in total. The van der Waals surface area contributed by atoms with Crippen LogP contribution in [0.15, 0.2) is 48.5 Å². The van der Waals surface area contributed by atoms with Gasteiger partial charge in [-0.2, -0.15) is 23.8 Å². The van der Waals surface area contributed by atoms with E-state index in [0.29, 0.717) is 0 Å². The summed E-state index contributed by atoms with van der Waals surface area (Å²) in [6.07, 6.45) is 0. The van der Waals surface area contributed by atoms with Crippen LogP contribution < -0.4 is 14.4 Å². The minimum absolute atomic E-state index is 0.00385. The Morgan fingerprint density at radius 3 is 1.09 bits per heavy atom. The Kier molecular flexibility index (Phi) is 13.2. The van der Waals surface area contributed by atoms with Crippen LogP contribution in [-0.4, -0.2) is 0 Å². The van der Waals surface area contributed by atoms with Crippen molar-refractivity contribution in [2.45, 2.75) is 157 Å². The number of hydrogen-bond donors (Lipinski definition) is 0. The van der Waals surface area contributed by atoms with Crippen molar-refractivity contribution in [3.63, 3.8) is 0 Å². The van der Waals surface area contributed by atoms with Gasteiger partial charge in [0.1, 0.15) is 11.5 Å². The van der Waals surface area contributed by atoms with Gasteiger partial charge in [-0.3, -0.25) is 0 Å². The summed E-state index contributed by atoms with van der Waals surface area (Å²) in [7, 11) is 2.89. The summed E-state index contributed by atoms with van der Waals surface area (Å²) in [5, 5.41) is 1.00. The van der Waals surface area contributed by atoms with Crippen LogP contribution in [-0.2, 0) is 50.7 Å². The van der Waals surface area contributed by atoms with Gasteiger partial charge in [0.05, 0.1) is 0 Å². The zero-order valence-electron chi connectivity index (χ0n) is 32.6. The van der Waals surface area contributed by atoms with Gasteiger partial charge in [-0.1, -0.05) is 165 Å². The van der Waals surface area contributed by atoms with Crippen LogP contribution >= 0.6 is 17.9 Å². The maximum atomic E-state index is 7.17. The van der Waals surface area contributed by atoms with Gasteiger partial charge in [-0.05, 0) is 44.9 Å². The fourth-order valence-electron chi connectivity index (χ4n) is 5.26. The van der Waals surface area contributed by atoms with Crippen LogP contribution in [0.5, 0.6) is 11.5 Å². The van der Waals surface area contributed by atoms with Crippen LogP contribution in [0.3, 0.4) is 0 Å². The fraction of sp³-hybridized carbons (Fsp3) is 0.571. The molecule has 0 bridgehead atoms. The molecule has 3 rings (SSSR count). The molecule has 0 aliphatic rings. The summed E-state index contributed by atoms with van der Waals surface area (Å²) >= 11 is 2.22. The molecule has 0 fully saturated rings. The van der Waals surface area contributed by atoms with Gasteiger partial charge in [-0.15, -0.1) is 5.56 Å². The Hall–Kier alpha value is -1.36. The Labute approximate surface area is 305 Å². The van der Waals surface area contributed by atoms with Gasteiger partial charge in [0.2, 0.25) is 0 Å². The predicted octanol–water partition coefficient (Wildman–Crippen LogP) is 13.1. The second-order valence-electron chi connectivity index (χ2n) is 19.0. The minimum atomic E-state index is -1.60. The number of halogens is 1. The monoisotopic (exact) mass is 770 g/mol. The number of hydrogen-bond acceptors (Lipinski definition) is 2. The predicted molar refractivity (Wildman–Crippen MR) is 204 cm³/mol. The third-order valence-corrected chi connectivity index (χ3v) is 9.91. The van der Waals surface area contributed by atoms with Crippen molar-refractivity contribution in [1.29, 1.82) is 0 Å². The van der Waals surface area contributed by atoms with Crippen molar-refractivity contribution in [2.24, 2.45) is 0 Å². The van der Waals surface area contributed by atoms with Gasteiger partial charge in [0.15, 0.2) is 0 Å². The molecule has 3 aromatic carbocycles. The van der Waals surface area contributed by atoms with E-state index in [-0.39, 0.29) is 32.5 Å². The molecule has 0 atom stereocenters. The molecule has 0 amide bonds. The normalized spacial score (nSPS) is 13.3. The van der Waals surface area contributed by atoms with Gasteiger partial charge in [-0.25, -0.2) is 0 Å². The van der Waals surface area contributed by atoms with E-state index in [2.05, 4.69) is 207 Å². The summed E-state index contributed by atoms with van der Waals surface area (Å²) in [6, 6.07) is 21.6. The zero-order valence-corrected chi connectivity index (χ0v) is 35.8. The van der Waals surface area contributed by atoms with E-state index in [1.807, 2.05) is 0 Å². The molecule has 0 aliphatic carbocycles. The summed E-state index contributed by atoms with van der Waals surface area (Å²) in [6.45, 7) is 40.8. The molecule has 0 unspecified atom stereocenters. The molecule has 0 saturated carbocycles. The summed E-state index contributed by atoms with van der Waals surface area (Å²) in [4.78, 5) is 0. The Bertz CT molecular complexity index is 1420. The molecule has 3 aromatic rings. The first-order valence-electron chi connectivity index (χ1n) is 16.7. The third-order valence-electron chi connectivity index (χ3n) is 8.45. The first-order chi connectivity index (χ1) is 21.1. The molecule has 0 aliphatic heterocycles. The van der Waals surface area contributed by atoms with E-state index in [1.54, 1.807) is 0 Å². The Morgan fingerprint density at radius 2 is 0.787 bits per heavy atom. The first-order valence-corrected chi connectivity index (χ1v) is 19.9. The summed E-state index contributed by atoms with van der Waals surface area (Å²) < 4.78 is 14.3. The van der Waals surface area contributed by atoms with Crippen molar-refractivity contribution in [3.05, 3.63) is 88.0 Å². The second kappa shape index (κ2) is 14.9. The first kappa shape index (κ1) is 41.8. The van der Waals surface area contributed by atoms with E-state index < -0.39 is 8.38 Å². The molecule has 0 saturated heterocycles. The van der Waals surface area contributed by atoms with Crippen molar-refractivity contribution in [2.75, 3.05) is 0 Å². The molecule has 0 radical (unpaired) electrons. The zero-order chi connectivity index (χ0) is 36.6. The summed E-state index contributed by atoms with van der Waals surface area (Å²) in [5.41, 5.74) is 7.17. The Balaban J connectivity index is 0.00000376. The van der Waals surface area contributed by atoms with Crippen molar-refractivity contribution >= 4 is 23.2 Å². The van der Waals surface area contributed by atoms with Gasteiger partial charge in [0.25, 0.3) is 8.38 Å². The van der Waals surface area contributed by atoms with Gasteiger partial charge < -0.3 is 9.05 Å². The molecular weight excluding hydrogens is 709 g/mol. The van der Waals surface area contributed by atoms with E-state index >= 15 is 0 Å². The van der Waals surface area contributed by atoms with Crippen LogP contribution in [0.1, 0.15) is 158 Å². The van der Waals surface area contributed by atoms with Crippen LogP contribution in [0.25, 0.3) is 0 Å². The molecule has 0 heterocycles. The average molecular weight is 772 g/mol. The Morgan fingerprint density at radius 1 is 0.468 bits per heavy atom. The van der Waals surface area contributed by atoms with Crippen molar-refractivity contribution < 1.29 is 27.2 Å². The fourth-order valence-corrected chi connectivity index (χ4v) is 6.92. The van der Waals surface area contributed by atoms with Crippen LogP contribution in [0, 0.1) is 6.07 Å². The SMILES string of the molecule is CC(C)(C)c1c[c-]c(P(Oc2ccc(C(C)(C)C)cc2C(C)(C)C)Oc2ccc(C(C)(C)C)cc2C(C)(C)C)c(C(C)(C)C)c1.[Cl][Pd+]. The molecule has 0 aromatic heterocycles. The van der Waals surface area contributed by atoms with Crippen molar-refractivity contribution in [1.82, 2.24) is 0 Å². The van der Waals surface area contributed by atoms with E-state index in [9.17, 15) is 0 Å². The quantitative estimate of drug-likeness (QED) is 0.146. The van der Waals surface area contributed by atoms with E-state index in [0.717, 1.165) is 16.8 Å². The molecule has 47 heavy (non-hydrogen) atoms. The molecular formula is C42H62ClO2PPd. The third kappa shape index (κ3) is 11.1. The number of rotatable bonds is 5. The average Bonchev–Trinajstić information content (AvgIpc) is 2.90. The van der Waals surface area contributed by atoms with E-state index in [4.69, 9.17) is 9.05 Å². The molecule has 264 valence electrons. The van der Waals surface area contributed by atoms with Gasteiger partial charge in [0, 0.05) is 11.1 Å². The van der Waals surface area contributed by atoms with E-state index in [1.165, 1.54) is 33.4 Å². The van der Waals surface area contributed by atoms with Gasteiger partial charge >= 0.3 is 27.7 Å². The molecule has 2 nitrogen and oxygen atoms in total. The summed E-state index contributed by atoms with van der Waals surface area (Å²) in [5.74, 6) is 1.75. The van der Waals surface area contributed by atoms with Crippen LogP contribution in [0.4, 0.5) is 0 Å². The maximum absolute atomic E-state index is 7.17. The standard InChI is InChI=1S/C42H62O2P.ClH.Pd/c1-37(2,3)28-19-22-34(31(25-28)40(10,11)12)43-45(36-24-21-30(39(7,8)9)27-33(36)42(16,17)18)44-35-23-20-29(38(4,5)6)26-32(35)41(13,14)15;;/h19-23,25-27H,1-18H3;1H;/q-1;;+2/p-1.